The number of benzene rings is 4. The Kier molecular flexibility index (Phi) is 9.46. The zero-order valence-electron chi connectivity index (χ0n) is 25.3. The van der Waals surface area contributed by atoms with Crippen LogP contribution in [0.1, 0.15) is 40.8 Å². The van der Waals surface area contributed by atoms with Crippen molar-refractivity contribution in [2.75, 3.05) is 11.5 Å². The normalized spacial score (nSPS) is 15.7. The first-order valence-electron chi connectivity index (χ1n) is 14.7. The summed E-state index contributed by atoms with van der Waals surface area (Å²) in [5.74, 6) is -0.228. The van der Waals surface area contributed by atoms with Crippen LogP contribution in [0.15, 0.2) is 113 Å². The Morgan fingerprint density at radius 3 is 2.26 bits per heavy atom. The molecule has 1 saturated heterocycles. The van der Waals surface area contributed by atoms with Crippen molar-refractivity contribution in [3.8, 4) is 11.5 Å². The van der Waals surface area contributed by atoms with Gasteiger partial charge in [0.05, 0.1) is 18.2 Å². The smallest absolute Gasteiger partial charge is 0.301 e. The summed E-state index contributed by atoms with van der Waals surface area (Å²) in [5, 5.41) is 20.4. The lowest BCUT2D eigenvalue weighted by molar-refractivity contribution is -0.132. The molecule has 46 heavy (non-hydrogen) atoms. The molecule has 1 unspecified atom stereocenters. The number of aromatic nitrogens is 2. The minimum absolute atomic E-state index is 0.0389. The van der Waals surface area contributed by atoms with Crippen LogP contribution in [0.5, 0.6) is 11.5 Å². The first kappa shape index (κ1) is 31.1. The van der Waals surface area contributed by atoms with E-state index in [1.54, 1.807) is 30.3 Å². The van der Waals surface area contributed by atoms with E-state index in [0.717, 1.165) is 16.7 Å². The Balaban J connectivity index is 1.40. The van der Waals surface area contributed by atoms with Gasteiger partial charge in [-0.15, -0.1) is 10.2 Å². The number of aliphatic hydroxyl groups is 1. The Hall–Kier alpha value is -4.93. The molecule has 1 atom stereocenters. The molecule has 1 amide bonds. The molecule has 1 aliphatic rings. The van der Waals surface area contributed by atoms with Crippen molar-refractivity contribution in [1.82, 2.24) is 10.2 Å². The number of anilines is 1. The summed E-state index contributed by atoms with van der Waals surface area (Å²) in [6.07, 6.45) is 0. The number of thioether (sulfide) groups is 1. The molecule has 0 aliphatic carbocycles. The maximum absolute atomic E-state index is 13.7. The number of ether oxygens (including phenoxy) is 2. The number of rotatable bonds is 11. The van der Waals surface area contributed by atoms with Crippen LogP contribution < -0.4 is 14.4 Å². The van der Waals surface area contributed by atoms with Gasteiger partial charge in [0.15, 0.2) is 15.8 Å². The molecule has 2 heterocycles. The summed E-state index contributed by atoms with van der Waals surface area (Å²) >= 11 is 2.72. The summed E-state index contributed by atoms with van der Waals surface area (Å²) in [6, 6.07) is 31.2. The van der Waals surface area contributed by atoms with Gasteiger partial charge in [-0.05, 0) is 42.7 Å². The number of carbonyl (C=O) groups is 2. The van der Waals surface area contributed by atoms with Crippen molar-refractivity contribution in [1.29, 1.82) is 0 Å². The topological polar surface area (TPSA) is 102 Å². The van der Waals surface area contributed by atoms with Gasteiger partial charge in [0, 0.05) is 11.3 Å². The van der Waals surface area contributed by atoms with E-state index in [2.05, 4.69) is 10.2 Å². The van der Waals surface area contributed by atoms with Crippen LogP contribution in [0.2, 0.25) is 0 Å². The third kappa shape index (κ3) is 6.68. The van der Waals surface area contributed by atoms with E-state index in [0.29, 0.717) is 45.9 Å². The monoisotopic (exact) mass is 649 g/mol. The van der Waals surface area contributed by atoms with Crippen LogP contribution in [0.25, 0.3) is 5.76 Å². The zero-order valence-corrected chi connectivity index (χ0v) is 26.9. The Bertz CT molecular complexity index is 1880. The van der Waals surface area contributed by atoms with Gasteiger partial charge in [-0.25, -0.2) is 0 Å². The number of aliphatic hydroxyl groups excluding tert-OH is 1. The Morgan fingerprint density at radius 1 is 0.870 bits per heavy atom. The highest BCUT2D eigenvalue weighted by atomic mass is 32.2. The van der Waals surface area contributed by atoms with Crippen LogP contribution in [0.3, 0.4) is 0 Å². The Labute approximate surface area is 275 Å². The molecule has 6 rings (SSSR count). The first-order chi connectivity index (χ1) is 22.4. The van der Waals surface area contributed by atoms with Gasteiger partial charge in [-0.3, -0.25) is 14.5 Å². The van der Waals surface area contributed by atoms with Gasteiger partial charge in [0.2, 0.25) is 5.13 Å². The van der Waals surface area contributed by atoms with Crippen LogP contribution >= 0.6 is 23.1 Å². The minimum Gasteiger partial charge on any atom is -0.507 e. The quantitative estimate of drug-likeness (QED) is 0.0510. The molecule has 4 aromatic carbocycles. The van der Waals surface area contributed by atoms with E-state index in [-0.39, 0.29) is 16.5 Å². The van der Waals surface area contributed by atoms with E-state index >= 15 is 0 Å². The molecule has 1 aliphatic heterocycles. The highest BCUT2D eigenvalue weighted by Crippen LogP contribution is 2.45. The maximum atomic E-state index is 13.7. The second kappa shape index (κ2) is 14.0. The summed E-state index contributed by atoms with van der Waals surface area (Å²) in [5.41, 5.74) is 4.06. The predicted molar refractivity (Wildman–Crippen MR) is 180 cm³/mol. The summed E-state index contributed by atoms with van der Waals surface area (Å²) in [4.78, 5) is 28.7. The van der Waals surface area contributed by atoms with E-state index in [4.69, 9.17) is 9.47 Å². The number of aryl methyl sites for hydroxylation is 1. The van der Waals surface area contributed by atoms with Gasteiger partial charge >= 0.3 is 5.91 Å². The number of carbonyl (C=O) groups excluding carboxylic acids is 2. The second-order valence-corrected chi connectivity index (χ2v) is 12.8. The number of amides is 1. The highest BCUT2D eigenvalue weighted by Gasteiger charge is 2.48. The molecule has 0 saturated carbocycles. The number of ketones is 1. The predicted octanol–water partition coefficient (Wildman–Crippen LogP) is 7.74. The lowest BCUT2D eigenvalue weighted by Crippen LogP contribution is -2.29. The number of hydrogen-bond acceptors (Lipinski definition) is 9. The largest absolute Gasteiger partial charge is 0.507 e. The van der Waals surface area contributed by atoms with Gasteiger partial charge in [0.25, 0.3) is 5.78 Å². The molecule has 0 spiro atoms. The van der Waals surface area contributed by atoms with Gasteiger partial charge in [-0.2, -0.15) is 0 Å². The van der Waals surface area contributed by atoms with Crippen molar-refractivity contribution in [3.05, 3.63) is 137 Å². The Morgan fingerprint density at radius 2 is 1.57 bits per heavy atom. The van der Waals surface area contributed by atoms with Crippen molar-refractivity contribution in [2.45, 2.75) is 36.6 Å². The van der Waals surface area contributed by atoms with E-state index in [9.17, 15) is 14.7 Å². The molecule has 1 N–H and O–H groups in total. The standard InChI is InChI=1S/C36H31N3O5S2/c1-3-43-29-20-27(18-19-28(29)44-21-24-10-6-4-7-11-24)31-30(32(40)26-16-14-23(2)15-17-26)33(41)34(42)39(31)35-37-38-36(46-35)45-22-25-12-8-5-9-13-25/h4-20,31,40H,3,21-22H2,1-2H3. The van der Waals surface area contributed by atoms with Crippen molar-refractivity contribution >= 4 is 45.7 Å². The fraction of sp³-hybridized carbons (Fsp3) is 0.167. The van der Waals surface area contributed by atoms with Crippen molar-refractivity contribution in [2.24, 2.45) is 0 Å². The summed E-state index contributed by atoms with van der Waals surface area (Å²) < 4.78 is 12.7. The van der Waals surface area contributed by atoms with Crippen LogP contribution in [-0.4, -0.2) is 33.6 Å². The van der Waals surface area contributed by atoms with Gasteiger partial charge in [0.1, 0.15) is 12.4 Å². The number of nitrogens with zero attached hydrogens (tertiary/aromatic N) is 3. The average molecular weight is 650 g/mol. The van der Waals surface area contributed by atoms with Crippen molar-refractivity contribution in [3.63, 3.8) is 0 Å². The first-order valence-corrected chi connectivity index (χ1v) is 16.5. The number of Topliss-reactive ketones (excluding diaryl/α,β-unsaturated/α-hetero) is 1. The third-order valence-corrected chi connectivity index (χ3v) is 9.52. The summed E-state index contributed by atoms with van der Waals surface area (Å²) in [7, 11) is 0. The molecule has 232 valence electrons. The lowest BCUT2D eigenvalue weighted by Gasteiger charge is -2.23. The molecule has 0 bridgehead atoms. The fourth-order valence-electron chi connectivity index (χ4n) is 5.11. The molecule has 10 heteroatoms. The van der Waals surface area contributed by atoms with E-state index in [1.807, 2.05) is 86.6 Å². The van der Waals surface area contributed by atoms with Gasteiger partial charge < -0.3 is 14.6 Å². The second-order valence-electron chi connectivity index (χ2n) is 10.6. The fourth-order valence-corrected chi connectivity index (χ4v) is 6.93. The molecule has 0 radical (unpaired) electrons. The number of hydrogen-bond donors (Lipinski definition) is 1. The zero-order chi connectivity index (χ0) is 32.0. The third-order valence-electron chi connectivity index (χ3n) is 7.40. The highest BCUT2D eigenvalue weighted by molar-refractivity contribution is 8.00. The van der Waals surface area contributed by atoms with Gasteiger partial charge in [-0.1, -0.05) is 120 Å². The minimum atomic E-state index is -0.983. The van der Waals surface area contributed by atoms with Crippen LogP contribution in [0, 0.1) is 6.92 Å². The summed E-state index contributed by atoms with van der Waals surface area (Å²) in [6.45, 7) is 4.50. The molecular weight excluding hydrogens is 619 g/mol. The van der Waals surface area contributed by atoms with Crippen LogP contribution in [0.4, 0.5) is 5.13 Å². The molecule has 8 nitrogen and oxygen atoms in total. The van der Waals surface area contributed by atoms with Crippen molar-refractivity contribution < 1.29 is 24.2 Å². The molecule has 1 aromatic heterocycles. The van der Waals surface area contributed by atoms with E-state index in [1.165, 1.54) is 28.0 Å². The lowest BCUT2D eigenvalue weighted by atomic mass is 9.95. The maximum Gasteiger partial charge on any atom is 0.301 e. The molecule has 1 fully saturated rings. The average Bonchev–Trinajstić information content (AvgIpc) is 3.65. The van der Waals surface area contributed by atoms with E-state index < -0.39 is 17.7 Å². The van der Waals surface area contributed by atoms with Crippen LogP contribution in [-0.2, 0) is 21.9 Å². The SMILES string of the molecule is CCOc1cc(C2C(=C(O)c3ccc(C)cc3)C(=O)C(=O)N2c2nnc(SCc3ccccc3)s2)ccc1OCc1ccccc1. The molecular formula is C36H31N3O5S2. The molecule has 5 aromatic rings.